The largest absolute Gasteiger partial charge is 0.326 e. The Kier molecular flexibility index (Phi) is 4.99. The zero-order valence-electron chi connectivity index (χ0n) is 8.67. The minimum atomic E-state index is 0.573. The Morgan fingerprint density at radius 2 is 1.93 bits per heavy atom. The zero-order valence-corrected chi connectivity index (χ0v) is 9.43. The summed E-state index contributed by atoms with van der Waals surface area (Å²) >= 11 is 5.88. The van der Waals surface area contributed by atoms with Crippen molar-refractivity contribution in [2.75, 3.05) is 5.88 Å². The highest BCUT2D eigenvalue weighted by atomic mass is 35.5. The smallest absolute Gasteiger partial charge is 0.0254 e. The molecule has 1 atom stereocenters. The van der Waals surface area contributed by atoms with Crippen molar-refractivity contribution < 1.29 is 0 Å². The molecular formula is C12H18ClN. The van der Waals surface area contributed by atoms with Crippen LogP contribution in [0.3, 0.4) is 0 Å². The van der Waals surface area contributed by atoms with E-state index in [0.717, 1.165) is 18.7 Å². The fourth-order valence-electron chi connectivity index (χ4n) is 1.57. The van der Waals surface area contributed by atoms with Gasteiger partial charge in [0.1, 0.15) is 0 Å². The summed E-state index contributed by atoms with van der Waals surface area (Å²) in [5.41, 5.74) is 8.27. The van der Waals surface area contributed by atoms with Crippen LogP contribution < -0.4 is 5.73 Å². The minimum absolute atomic E-state index is 0.573. The van der Waals surface area contributed by atoms with Gasteiger partial charge in [-0.3, -0.25) is 0 Å². The maximum absolute atomic E-state index is 5.88. The molecular weight excluding hydrogens is 194 g/mol. The van der Waals surface area contributed by atoms with Crippen LogP contribution in [0.1, 0.15) is 24.5 Å². The van der Waals surface area contributed by atoms with Gasteiger partial charge in [0.05, 0.1) is 0 Å². The first-order chi connectivity index (χ1) is 6.81. The molecule has 2 N–H and O–H groups in total. The summed E-state index contributed by atoms with van der Waals surface area (Å²) in [6, 6.07) is 8.34. The molecule has 0 aliphatic carbocycles. The first-order valence-corrected chi connectivity index (χ1v) is 5.68. The molecule has 0 heterocycles. The highest BCUT2D eigenvalue weighted by Crippen LogP contribution is 2.17. The van der Waals surface area contributed by atoms with Crippen molar-refractivity contribution in [2.24, 2.45) is 11.7 Å². The first kappa shape index (κ1) is 11.5. The number of nitrogens with two attached hydrogens (primary N) is 1. The quantitative estimate of drug-likeness (QED) is 0.745. The fourth-order valence-corrected chi connectivity index (χ4v) is 1.90. The van der Waals surface area contributed by atoms with Crippen LogP contribution in [-0.2, 0) is 13.0 Å². The Morgan fingerprint density at radius 1 is 1.29 bits per heavy atom. The molecule has 1 aromatic carbocycles. The standard InChI is InChI=1S/C12H18ClN/c1-2-10(8-13)7-11-5-3-4-6-12(11)9-14/h3-6,10H,2,7-9,14H2,1H3. The summed E-state index contributed by atoms with van der Waals surface area (Å²) in [5, 5.41) is 0. The Morgan fingerprint density at radius 3 is 2.43 bits per heavy atom. The molecule has 0 aromatic heterocycles. The average molecular weight is 212 g/mol. The molecule has 1 nitrogen and oxygen atoms in total. The summed E-state index contributed by atoms with van der Waals surface area (Å²) in [4.78, 5) is 0. The van der Waals surface area contributed by atoms with E-state index in [1.807, 2.05) is 6.07 Å². The molecule has 0 spiro atoms. The first-order valence-electron chi connectivity index (χ1n) is 5.14. The summed E-state index contributed by atoms with van der Waals surface area (Å²) in [6.07, 6.45) is 2.18. The Hall–Kier alpha value is -0.530. The molecule has 1 unspecified atom stereocenters. The van der Waals surface area contributed by atoms with Gasteiger partial charge in [-0.25, -0.2) is 0 Å². The number of hydrogen-bond donors (Lipinski definition) is 1. The van der Waals surface area contributed by atoms with Gasteiger partial charge in [0.2, 0.25) is 0 Å². The highest BCUT2D eigenvalue weighted by Gasteiger charge is 2.08. The van der Waals surface area contributed by atoms with Crippen molar-refractivity contribution >= 4 is 11.6 Å². The average Bonchev–Trinajstić information content (AvgIpc) is 2.26. The maximum atomic E-state index is 5.88. The topological polar surface area (TPSA) is 26.0 Å². The van der Waals surface area contributed by atoms with E-state index in [1.54, 1.807) is 0 Å². The molecule has 1 aromatic rings. The minimum Gasteiger partial charge on any atom is -0.326 e. The number of hydrogen-bond acceptors (Lipinski definition) is 1. The molecule has 14 heavy (non-hydrogen) atoms. The van der Waals surface area contributed by atoms with Gasteiger partial charge in [-0.15, -0.1) is 11.6 Å². The molecule has 0 aliphatic rings. The second kappa shape index (κ2) is 6.05. The Labute approximate surface area is 91.3 Å². The van der Waals surface area contributed by atoms with Crippen molar-refractivity contribution in [3.63, 3.8) is 0 Å². The monoisotopic (exact) mass is 211 g/mol. The van der Waals surface area contributed by atoms with Gasteiger partial charge in [-0.1, -0.05) is 37.6 Å². The van der Waals surface area contributed by atoms with Gasteiger partial charge >= 0.3 is 0 Å². The summed E-state index contributed by atoms with van der Waals surface area (Å²) in [7, 11) is 0. The molecule has 0 fully saturated rings. The molecule has 78 valence electrons. The second-order valence-corrected chi connectivity index (χ2v) is 3.91. The molecule has 0 bridgehead atoms. The van der Waals surface area contributed by atoms with Crippen molar-refractivity contribution in [1.29, 1.82) is 0 Å². The maximum Gasteiger partial charge on any atom is 0.0254 e. The Balaban J connectivity index is 2.74. The van der Waals surface area contributed by atoms with Gasteiger partial charge in [-0.2, -0.15) is 0 Å². The summed E-state index contributed by atoms with van der Waals surface area (Å²) < 4.78 is 0. The van der Waals surface area contributed by atoms with Crippen molar-refractivity contribution in [3.05, 3.63) is 35.4 Å². The van der Waals surface area contributed by atoms with E-state index < -0.39 is 0 Å². The third-order valence-corrected chi connectivity index (χ3v) is 3.08. The van der Waals surface area contributed by atoms with E-state index in [1.165, 1.54) is 11.1 Å². The van der Waals surface area contributed by atoms with Crippen LogP contribution in [0.15, 0.2) is 24.3 Å². The molecule has 0 aliphatic heterocycles. The molecule has 1 rings (SSSR count). The lowest BCUT2D eigenvalue weighted by atomic mass is 9.95. The molecule has 0 radical (unpaired) electrons. The number of rotatable bonds is 5. The van der Waals surface area contributed by atoms with E-state index in [2.05, 4.69) is 25.1 Å². The SMILES string of the molecule is CCC(CCl)Cc1ccccc1CN. The van der Waals surface area contributed by atoms with E-state index in [9.17, 15) is 0 Å². The molecule has 2 heteroatoms. The van der Waals surface area contributed by atoms with Crippen LogP contribution in [-0.4, -0.2) is 5.88 Å². The number of halogens is 1. The van der Waals surface area contributed by atoms with Crippen LogP contribution in [0.5, 0.6) is 0 Å². The van der Waals surface area contributed by atoms with Gasteiger partial charge in [0.15, 0.2) is 0 Å². The Bertz CT molecular complexity index is 269. The van der Waals surface area contributed by atoms with Crippen LogP contribution >= 0.6 is 11.6 Å². The predicted octanol–water partition coefficient (Wildman–Crippen LogP) is 2.95. The van der Waals surface area contributed by atoms with Crippen LogP contribution in [0, 0.1) is 5.92 Å². The summed E-state index contributed by atoms with van der Waals surface area (Å²) in [5.74, 6) is 1.31. The molecule has 0 saturated heterocycles. The predicted molar refractivity (Wildman–Crippen MR) is 62.5 cm³/mol. The number of benzene rings is 1. The third kappa shape index (κ3) is 3.00. The van der Waals surface area contributed by atoms with E-state index >= 15 is 0 Å². The van der Waals surface area contributed by atoms with E-state index in [4.69, 9.17) is 17.3 Å². The van der Waals surface area contributed by atoms with Crippen LogP contribution in [0.25, 0.3) is 0 Å². The summed E-state index contributed by atoms with van der Waals surface area (Å²) in [6.45, 7) is 2.80. The van der Waals surface area contributed by atoms with Crippen molar-refractivity contribution in [2.45, 2.75) is 26.3 Å². The van der Waals surface area contributed by atoms with Gasteiger partial charge in [0.25, 0.3) is 0 Å². The lowest BCUT2D eigenvalue weighted by Crippen LogP contribution is -2.08. The zero-order chi connectivity index (χ0) is 10.4. The van der Waals surface area contributed by atoms with Gasteiger partial charge < -0.3 is 5.73 Å². The van der Waals surface area contributed by atoms with Crippen molar-refractivity contribution in [3.8, 4) is 0 Å². The highest BCUT2D eigenvalue weighted by molar-refractivity contribution is 6.18. The number of alkyl halides is 1. The van der Waals surface area contributed by atoms with Crippen molar-refractivity contribution in [1.82, 2.24) is 0 Å². The lowest BCUT2D eigenvalue weighted by Gasteiger charge is -2.13. The fraction of sp³-hybridized carbons (Fsp3) is 0.500. The van der Waals surface area contributed by atoms with E-state index in [0.29, 0.717) is 12.5 Å². The molecule has 0 amide bonds. The normalized spacial score (nSPS) is 12.8. The van der Waals surface area contributed by atoms with Crippen LogP contribution in [0.2, 0.25) is 0 Å². The van der Waals surface area contributed by atoms with Gasteiger partial charge in [0, 0.05) is 12.4 Å². The third-order valence-electron chi connectivity index (χ3n) is 2.64. The van der Waals surface area contributed by atoms with E-state index in [-0.39, 0.29) is 0 Å². The van der Waals surface area contributed by atoms with Gasteiger partial charge in [-0.05, 0) is 23.5 Å². The molecule has 0 saturated carbocycles. The van der Waals surface area contributed by atoms with Crippen LogP contribution in [0.4, 0.5) is 0 Å². The lowest BCUT2D eigenvalue weighted by molar-refractivity contribution is 0.564. The second-order valence-electron chi connectivity index (χ2n) is 3.61.